The third-order valence-corrected chi connectivity index (χ3v) is 4.71. The number of benzene rings is 2. The topological polar surface area (TPSA) is 78.5 Å². The number of anilines is 1. The van der Waals surface area contributed by atoms with Gasteiger partial charge < -0.3 is 15.5 Å². The van der Waals surface area contributed by atoms with Gasteiger partial charge in [0.2, 0.25) is 0 Å². The largest absolute Gasteiger partial charge is 0.375 e. The zero-order valence-electron chi connectivity index (χ0n) is 15.6. The average Bonchev–Trinajstić information content (AvgIpc) is 2.57. The molecule has 0 spiro atoms. The van der Waals surface area contributed by atoms with E-state index in [4.69, 9.17) is 0 Å². The number of hydrogen-bond donors (Lipinski definition) is 2. The van der Waals surface area contributed by atoms with Gasteiger partial charge in [-0.05, 0) is 28.8 Å². The summed E-state index contributed by atoms with van der Waals surface area (Å²) in [5.41, 5.74) is 2.71. The van der Waals surface area contributed by atoms with Gasteiger partial charge in [-0.2, -0.15) is 0 Å². The number of nitrogens with zero attached hydrogens (tertiary/aromatic N) is 1. The summed E-state index contributed by atoms with van der Waals surface area (Å²) in [6, 6.07) is 11.5. The first kappa shape index (κ1) is 20.7. The predicted octanol–water partition coefficient (Wildman–Crippen LogP) is 2.44. The van der Waals surface area contributed by atoms with Crippen molar-refractivity contribution in [2.75, 3.05) is 25.3 Å². The molecule has 2 amide bonds. The Morgan fingerprint density at radius 1 is 0.963 bits per heavy atom. The van der Waals surface area contributed by atoms with Crippen LogP contribution in [-0.4, -0.2) is 34.8 Å². The first-order chi connectivity index (χ1) is 12.6. The number of amides is 2. The van der Waals surface area contributed by atoms with Crippen LogP contribution in [0.15, 0.2) is 42.5 Å². The summed E-state index contributed by atoms with van der Waals surface area (Å²) < 4.78 is 36.5. The van der Waals surface area contributed by atoms with E-state index >= 15 is 0 Å². The van der Waals surface area contributed by atoms with Gasteiger partial charge in [0.05, 0.1) is 11.4 Å². The van der Waals surface area contributed by atoms with Crippen LogP contribution in [0.5, 0.6) is 0 Å². The van der Waals surface area contributed by atoms with Crippen molar-refractivity contribution >= 4 is 21.6 Å². The first-order valence-electron chi connectivity index (χ1n) is 8.37. The molecule has 146 valence electrons. The molecule has 2 aromatic rings. The van der Waals surface area contributed by atoms with Gasteiger partial charge in [0.15, 0.2) is 9.84 Å². The Labute approximate surface area is 159 Å². The molecule has 2 rings (SSSR count). The number of sulfone groups is 1. The molecule has 0 unspecified atom stereocenters. The third-order valence-electron chi connectivity index (χ3n) is 3.85. The number of nitrogens with one attached hydrogen (secondary N) is 2. The highest BCUT2D eigenvalue weighted by molar-refractivity contribution is 7.89. The van der Waals surface area contributed by atoms with E-state index in [1.807, 2.05) is 0 Å². The zero-order chi connectivity index (χ0) is 20.0. The van der Waals surface area contributed by atoms with Crippen LogP contribution in [0.4, 0.5) is 14.9 Å². The van der Waals surface area contributed by atoms with E-state index in [-0.39, 0.29) is 24.1 Å². The maximum atomic E-state index is 13.9. The highest BCUT2D eigenvalue weighted by atomic mass is 32.2. The van der Waals surface area contributed by atoms with Gasteiger partial charge in [-0.3, -0.25) is 0 Å². The lowest BCUT2D eigenvalue weighted by molar-refractivity contribution is 0.240. The SMILES string of the molecule is CN(C)c1ccc(CNC(=O)NCc2ccc(CS(C)(=O)=O)cc2)cc1F. The minimum atomic E-state index is -3.07. The third kappa shape index (κ3) is 6.90. The molecule has 0 atom stereocenters. The Bertz CT molecular complexity index is 897. The Balaban J connectivity index is 1.82. The second kappa shape index (κ2) is 8.85. The molecule has 0 aliphatic heterocycles. The molecule has 0 bridgehead atoms. The average molecular weight is 393 g/mol. The van der Waals surface area contributed by atoms with Crippen molar-refractivity contribution in [2.24, 2.45) is 0 Å². The number of hydrogen-bond acceptors (Lipinski definition) is 4. The normalized spacial score (nSPS) is 11.1. The summed E-state index contributed by atoms with van der Waals surface area (Å²) >= 11 is 0. The van der Waals surface area contributed by atoms with Gasteiger partial charge in [0.25, 0.3) is 0 Å². The van der Waals surface area contributed by atoms with Crippen molar-refractivity contribution in [3.63, 3.8) is 0 Å². The molecule has 0 saturated carbocycles. The lowest BCUT2D eigenvalue weighted by atomic mass is 10.1. The van der Waals surface area contributed by atoms with Crippen molar-refractivity contribution in [1.29, 1.82) is 0 Å². The van der Waals surface area contributed by atoms with Gasteiger partial charge >= 0.3 is 6.03 Å². The maximum Gasteiger partial charge on any atom is 0.315 e. The van der Waals surface area contributed by atoms with Crippen LogP contribution in [-0.2, 0) is 28.7 Å². The summed E-state index contributed by atoms with van der Waals surface area (Å²) in [5.74, 6) is -0.349. The highest BCUT2D eigenvalue weighted by Crippen LogP contribution is 2.18. The lowest BCUT2D eigenvalue weighted by Crippen LogP contribution is -2.34. The predicted molar refractivity (Wildman–Crippen MR) is 105 cm³/mol. The number of urea groups is 1. The summed E-state index contributed by atoms with van der Waals surface area (Å²) in [6.45, 7) is 0.517. The molecular formula is C19H24FN3O3S. The fraction of sp³-hybridized carbons (Fsp3) is 0.316. The molecule has 0 fully saturated rings. The highest BCUT2D eigenvalue weighted by Gasteiger charge is 2.07. The van der Waals surface area contributed by atoms with Crippen LogP contribution in [0.2, 0.25) is 0 Å². The fourth-order valence-electron chi connectivity index (χ4n) is 2.51. The van der Waals surface area contributed by atoms with E-state index < -0.39 is 9.84 Å². The molecule has 27 heavy (non-hydrogen) atoms. The van der Waals surface area contributed by atoms with E-state index in [2.05, 4.69) is 10.6 Å². The molecule has 2 aromatic carbocycles. The quantitative estimate of drug-likeness (QED) is 0.757. The molecule has 0 aliphatic carbocycles. The van der Waals surface area contributed by atoms with E-state index in [1.54, 1.807) is 55.4 Å². The van der Waals surface area contributed by atoms with Crippen LogP contribution in [0.3, 0.4) is 0 Å². The summed E-state index contributed by atoms with van der Waals surface area (Å²) in [4.78, 5) is 13.6. The maximum absolute atomic E-state index is 13.9. The van der Waals surface area contributed by atoms with E-state index in [0.717, 1.165) is 5.56 Å². The molecule has 0 aliphatic rings. The lowest BCUT2D eigenvalue weighted by Gasteiger charge is -2.14. The Morgan fingerprint density at radius 3 is 2.00 bits per heavy atom. The molecule has 2 N–H and O–H groups in total. The summed E-state index contributed by atoms with van der Waals surface area (Å²) in [5, 5.41) is 5.39. The Kier molecular flexibility index (Phi) is 6.79. The van der Waals surface area contributed by atoms with E-state index in [9.17, 15) is 17.6 Å². The van der Waals surface area contributed by atoms with Gasteiger partial charge in [-0.25, -0.2) is 17.6 Å². The number of carbonyl (C=O) groups is 1. The van der Waals surface area contributed by atoms with Crippen molar-refractivity contribution in [3.8, 4) is 0 Å². The van der Waals surface area contributed by atoms with Crippen LogP contribution in [0, 0.1) is 5.82 Å². The number of rotatable bonds is 7. The monoisotopic (exact) mass is 393 g/mol. The van der Waals surface area contributed by atoms with Crippen molar-refractivity contribution in [1.82, 2.24) is 10.6 Å². The smallest absolute Gasteiger partial charge is 0.315 e. The van der Waals surface area contributed by atoms with Crippen LogP contribution in [0.1, 0.15) is 16.7 Å². The Hall–Kier alpha value is -2.61. The first-order valence-corrected chi connectivity index (χ1v) is 10.4. The van der Waals surface area contributed by atoms with Crippen LogP contribution in [0.25, 0.3) is 0 Å². The summed E-state index contributed by atoms with van der Waals surface area (Å²) in [7, 11) is 0.454. The second-order valence-electron chi connectivity index (χ2n) is 6.60. The minimum Gasteiger partial charge on any atom is -0.375 e. The molecule has 6 nitrogen and oxygen atoms in total. The Morgan fingerprint density at radius 2 is 1.48 bits per heavy atom. The van der Waals surface area contributed by atoms with Crippen molar-refractivity contribution in [2.45, 2.75) is 18.8 Å². The standard InChI is InChI=1S/C19H24FN3O3S/c1-23(2)18-9-8-16(10-17(18)20)12-22-19(24)21-11-14-4-6-15(7-5-14)13-27(3,25)26/h4-10H,11-13H2,1-3H3,(H2,21,22,24). The van der Waals surface area contributed by atoms with E-state index in [0.29, 0.717) is 23.4 Å². The molecular weight excluding hydrogens is 369 g/mol. The number of carbonyl (C=O) groups excluding carboxylic acids is 1. The van der Waals surface area contributed by atoms with Gasteiger partial charge in [-0.15, -0.1) is 0 Å². The molecule has 0 heterocycles. The van der Waals surface area contributed by atoms with Crippen LogP contribution < -0.4 is 15.5 Å². The van der Waals surface area contributed by atoms with Gasteiger partial charge in [-0.1, -0.05) is 30.3 Å². The number of halogens is 1. The molecule has 8 heteroatoms. The summed E-state index contributed by atoms with van der Waals surface area (Å²) in [6.07, 6.45) is 1.19. The van der Waals surface area contributed by atoms with E-state index in [1.165, 1.54) is 12.3 Å². The molecule has 0 aromatic heterocycles. The zero-order valence-corrected chi connectivity index (χ0v) is 16.4. The molecule has 0 radical (unpaired) electrons. The van der Waals surface area contributed by atoms with Crippen LogP contribution >= 0.6 is 0 Å². The minimum absolute atomic E-state index is 0.00956. The fourth-order valence-corrected chi connectivity index (χ4v) is 3.30. The van der Waals surface area contributed by atoms with Gasteiger partial charge in [0.1, 0.15) is 5.82 Å². The second-order valence-corrected chi connectivity index (χ2v) is 8.74. The van der Waals surface area contributed by atoms with Gasteiger partial charge in [0, 0.05) is 33.4 Å². The van der Waals surface area contributed by atoms with Crippen molar-refractivity contribution in [3.05, 3.63) is 65.0 Å². The van der Waals surface area contributed by atoms with Crippen molar-refractivity contribution < 1.29 is 17.6 Å². The molecule has 0 saturated heterocycles.